The molecule has 16 unspecified atom stereocenters. The van der Waals surface area contributed by atoms with Crippen molar-refractivity contribution in [1.82, 2.24) is 4.90 Å². The van der Waals surface area contributed by atoms with E-state index in [1.807, 2.05) is 0 Å². The molecule has 16 atom stereocenters. The third-order valence-electron chi connectivity index (χ3n) is 17.3. The van der Waals surface area contributed by atoms with Crippen LogP contribution in [0.4, 0.5) is 0 Å². The molecule has 0 radical (unpaired) electrons. The number of benzene rings is 2. The van der Waals surface area contributed by atoms with Crippen LogP contribution in [-0.2, 0) is 6.42 Å². The van der Waals surface area contributed by atoms with Crippen molar-refractivity contribution in [1.29, 1.82) is 0 Å². The van der Waals surface area contributed by atoms with Crippen molar-refractivity contribution >= 4 is 0 Å². The lowest BCUT2D eigenvalue weighted by molar-refractivity contribution is -0.180. The summed E-state index contributed by atoms with van der Waals surface area (Å²) in [7, 11) is 0. The third-order valence-corrected chi connectivity index (χ3v) is 17.3. The van der Waals surface area contributed by atoms with Crippen molar-refractivity contribution in [2.45, 2.75) is 134 Å². The fraction of sp³-hybridized carbons (Fsp3) is 0.739. The Morgan fingerprint density at radius 1 is 0.740 bits per heavy atom. The third kappa shape index (κ3) is 5.59. The zero-order chi connectivity index (χ0) is 34.2. The molecule has 2 saturated heterocycles. The van der Waals surface area contributed by atoms with E-state index in [9.17, 15) is 15.3 Å². The van der Waals surface area contributed by atoms with Crippen molar-refractivity contribution in [2.24, 2.45) is 64.6 Å². The van der Waals surface area contributed by atoms with Crippen LogP contribution >= 0.6 is 0 Å². The van der Waals surface area contributed by atoms with Gasteiger partial charge in [0.2, 0.25) is 0 Å². The topological polar surface area (TPSA) is 63.9 Å². The SMILES string of the molecule is CC1(O)C2CCC3C4CC(O)C5CC(O)CC6CCCC(C3C2CN2CC(CCC(CCc3ccccc3)c3ccccc3)CCC21)C4C65C. The molecule has 4 nitrogen and oxygen atoms in total. The van der Waals surface area contributed by atoms with Crippen molar-refractivity contribution in [2.75, 3.05) is 13.1 Å². The summed E-state index contributed by atoms with van der Waals surface area (Å²) in [6.45, 7) is 7.15. The van der Waals surface area contributed by atoms with E-state index in [4.69, 9.17) is 0 Å². The smallest absolute Gasteiger partial charge is 0.0805 e. The molecular formula is C46H65NO3. The predicted molar refractivity (Wildman–Crippen MR) is 200 cm³/mol. The van der Waals surface area contributed by atoms with Crippen LogP contribution in [-0.4, -0.2) is 57.2 Å². The van der Waals surface area contributed by atoms with Crippen LogP contribution in [0.3, 0.4) is 0 Å². The van der Waals surface area contributed by atoms with Gasteiger partial charge in [0.1, 0.15) is 0 Å². The second-order valence-electron chi connectivity index (χ2n) is 19.3. The highest BCUT2D eigenvalue weighted by Crippen LogP contribution is 2.72. The second-order valence-corrected chi connectivity index (χ2v) is 19.3. The number of aliphatic hydroxyl groups is 3. The molecule has 0 bridgehead atoms. The highest BCUT2D eigenvalue weighted by molar-refractivity contribution is 5.22. The summed E-state index contributed by atoms with van der Waals surface area (Å²) in [6, 6.07) is 22.6. The molecule has 7 aliphatic rings. The van der Waals surface area contributed by atoms with Gasteiger partial charge >= 0.3 is 0 Å². The monoisotopic (exact) mass is 679 g/mol. The normalized spacial score (nSPS) is 47.3. The van der Waals surface area contributed by atoms with Crippen molar-refractivity contribution < 1.29 is 15.3 Å². The van der Waals surface area contributed by atoms with Gasteiger partial charge in [0.25, 0.3) is 0 Å². The van der Waals surface area contributed by atoms with Gasteiger partial charge in [-0.25, -0.2) is 0 Å². The van der Waals surface area contributed by atoms with Gasteiger partial charge in [-0.3, -0.25) is 4.90 Å². The molecule has 272 valence electrons. The van der Waals surface area contributed by atoms with Gasteiger partial charge in [0, 0.05) is 19.1 Å². The Hall–Kier alpha value is -1.72. The number of fused-ring (bicyclic) bond motifs is 6. The van der Waals surface area contributed by atoms with Gasteiger partial charge in [-0.05, 0) is 172 Å². The second kappa shape index (κ2) is 13.3. The van der Waals surface area contributed by atoms with Crippen molar-refractivity contribution in [3.8, 4) is 0 Å². The van der Waals surface area contributed by atoms with Crippen molar-refractivity contribution in [3.63, 3.8) is 0 Å². The average molecular weight is 680 g/mol. The number of aryl methyl sites for hydroxylation is 1. The van der Waals surface area contributed by atoms with E-state index >= 15 is 0 Å². The molecule has 50 heavy (non-hydrogen) atoms. The summed E-state index contributed by atoms with van der Waals surface area (Å²) >= 11 is 0. The fourth-order valence-corrected chi connectivity index (χ4v) is 15.4. The standard InChI is InChI=1S/C46H65NO3/c1-45-33-14-9-15-36-43-35(37(44(36)45)26-41(49)40(45)25-34(48)24-33)21-22-39-38(43)28-47-27-30(18-23-42(47)46(39,2)50)17-20-32(31-12-7-4-8-13-31)19-16-29-10-5-3-6-11-29/h3-8,10-13,30,32-44,48-50H,9,14-28H2,1-2H3. The number of nitrogens with zero attached hydrogens (tertiary/aromatic N) is 1. The van der Waals surface area contributed by atoms with E-state index in [1.54, 1.807) is 0 Å². The predicted octanol–water partition coefficient (Wildman–Crippen LogP) is 8.49. The first-order chi connectivity index (χ1) is 24.2. The van der Waals surface area contributed by atoms with E-state index in [2.05, 4.69) is 79.4 Å². The van der Waals surface area contributed by atoms with E-state index in [0.717, 1.165) is 44.6 Å². The van der Waals surface area contributed by atoms with E-state index in [-0.39, 0.29) is 23.5 Å². The van der Waals surface area contributed by atoms with E-state index in [1.165, 1.54) is 75.5 Å². The van der Waals surface area contributed by atoms with E-state index < -0.39 is 5.60 Å². The number of rotatable bonds is 7. The number of aliphatic hydroxyl groups excluding tert-OH is 2. The molecule has 4 heteroatoms. The first-order valence-electron chi connectivity index (χ1n) is 21.1. The lowest BCUT2D eigenvalue weighted by Gasteiger charge is -2.60. The van der Waals surface area contributed by atoms with Gasteiger partial charge in [-0.1, -0.05) is 74.0 Å². The summed E-state index contributed by atoms with van der Waals surface area (Å²) in [4.78, 5) is 2.82. The molecule has 3 N–H and O–H groups in total. The Bertz CT molecular complexity index is 1460. The minimum Gasteiger partial charge on any atom is -0.393 e. The zero-order valence-electron chi connectivity index (χ0n) is 31.0. The highest BCUT2D eigenvalue weighted by Gasteiger charge is 2.69. The molecule has 0 aromatic heterocycles. The summed E-state index contributed by atoms with van der Waals surface area (Å²) in [5, 5.41) is 35.3. The van der Waals surface area contributed by atoms with Gasteiger partial charge < -0.3 is 15.3 Å². The molecule has 0 amide bonds. The maximum Gasteiger partial charge on any atom is 0.0805 e. The lowest BCUT2D eigenvalue weighted by Crippen LogP contribution is -2.67. The molecule has 2 heterocycles. The van der Waals surface area contributed by atoms with Crippen LogP contribution in [0.15, 0.2) is 60.7 Å². The van der Waals surface area contributed by atoms with Crippen LogP contribution in [0.1, 0.15) is 114 Å². The zero-order valence-corrected chi connectivity index (χ0v) is 31.0. The van der Waals surface area contributed by atoms with Crippen LogP contribution in [0, 0.1) is 64.6 Å². The molecule has 2 aromatic rings. The van der Waals surface area contributed by atoms with E-state index in [0.29, 0.717) is 59.3 Å². The Morgan fingerprint density at radius 3 is 2.32 bits per heavy atom. The van der Waals surface area contributed by atoms with Crippen LogP contribution in [0.25, 0.3) is 0 Å². The Labute approximate surface area is 302 Å². The van der Waals surface area contributed by atoms with Crippen molar-refractivity contribution in [3.05, 3.63) is 71.8 Å². The molecule has 5 aliphatic carbocycles. The van der Waals surface area contributed by atoms with Gasteiger partial charge in [0.15, 0.2) is 0 Å². The summed E-state index contributed by atoms with van der Waals surface area (Å²) < 4.78 is 0. The Morgan fingerprint density at radius 2 is 1.52 bits per heavy atom. The lowest BCUT2D eigenvalue weighted by atomic mass is 9.46. The molecular weight excluding hydrogens is 615 g/mol. The minimum atomic E-state index is -0.622. The number of piperidine rings is 2. The molecule has 7 fully saturated rings. The van der Waals surface area contributed by atoms with Crippen LogP contribution < -0.4 is 0 Å². The van der Waals surface area contributed by atoms with Gasteiger partial charge in [-0.15, -0.1) is 0 Å². The maximum absolute atomic E-state index is 12.6. The molecule has 9 rings (SSSR count). The Kier molecular flexibility index (Phi) is 9.06. The van der Waals surface area contributed by atoms with Gasteiger partial charge in [-0.2, -0.15) is 0 Å². The first kappa shape index (κ1) is 34.1. The first-order valence-corrected chi connectivity index (χ1v) is 21.1. The summed E-state index contributed by atoms with van der Waals surface area (Å²) in [6.07, 6.45) is 15.7. The summed E-state index contributed by atoms with van der Waals surface area (Å²) in [5.74, 6) is 6.49. The molecule has 2 aromatic carbocycles. The van der Waals surface area contributed by atoms with Crippen LogP contribution in [0.5, 0.6) is 0 Å². The Balaban J connectivity index is 0.937. The molecule has 5 saturated carbocycles. The largest absolute Gasteiger partial charge is 0.393 e. The summed E-state index contributed by atoms with van der Waals surface area (Å²) in [5.41, 5.74) is 2.47. The maximum atomic E-state index is 12.6. The minimum absolute atomic E-state index is 0.154. The van der Waals surface area contributed by atoms with Crippen LogP contribution in [0.2, 0.25) is 0 Å². The number of hydrogen-bond acceptors (Lipinski definition) is 4. The highest BCUT2D eigenvalue weighted by atomic mass is 16.3. The fourth-order valence-electron chi connectivity index (χ4n) is 15.4. The number of hydrogen-bond donors (Lipinski definition) is 3. The quantitative estimate of drug-likeness (QED) is 0.275. The molecule has 2 aliphatic heterocycles. The van der Waals surface area contributed by atoms with Gasteiger partial charge in [0.05, 0.1) is 17.8 Å². The molecule has 0 spiro atoms. The average Bonchev–Trinajstić information content (AvgIpc) is 3.35.